The molecule has 0 spiro atoms. The molecule has 0 amide bonds. The van der Waals surface area contributed by atoms with Gasteiger partial charge in [0, 0.05) is 19.1 Å². The Kier molecular flexibility index (Phi) is 3.47. The predicted octanol–water partition coefficient (Wildman–Crippen LogP) is -0.220. The molecular weight excluding hydrogens is 152 g/mol. The number of nitrogens with one attached hydrogen (secondary N) is 1. The van der Waals surface area contributed by atoms with E-state index in [0.29, 0.717) is 6.54 Å². The lowest BCUT2D eigenvalue weighted by molar-refractivity contribution is 0.192. The zero-order valence-electron chi connectivity index (χ0n) is 7.33. The Labute approximate surface area is 73.0 Å². The minimum atomic E-state index is -0.295. The van der Waals surface area contributed by atoms with E-state index in [1.54, 1.807) is 6.92 Å². The zero-order chi connectivity index (χ0) is 8.97. The number of rotatable bonds is 4. The second-order valence-corrected chi connectivity index (χ2v) is 3.13. The molecule has 0 aromatic rings. The van der Waals surface area contributed by atoms with Gasteiger partial charge in [-0.2, -0.15) is 0 Å². The fourth-order valence-corrected chi connectivity index (χ4v) is 1.14. The highest BCUT2D eigenvalue weighted by Gasteiger charge is 2.08. The molecule has 0 bridgehead atoms. The van der Waals surface area contributed by atoms with E-state index in [1.807, 2.05) is 18.2 Å². The Balaban J connectivity index is 2.16. The van der Waals surface area contributed by atoms with Crippen LogP contribution in [-0.4, -0.2) is 30.3 Å². The minimum absolute atomic E-state index is 0.0616. The van der Waals surface area contributed by atoms with E-state index in [9.17, 15) is 0 Å². The Morgan fingerprint density at radius 1 is 1.75 bits per heavy atom. The maximum absolute atomic E-state index is 8.96. The molecule has 0 aliphatic heterocycles. The summed E-state index contributed by atoms with van der Waals surface area (Å²) < 4.78 is 0. The maximum atomic E-state index is 8.96. The second-order valence-electron chi connectivity index (χ2n) is 3.13. The van der Waals surface area contributed by atoms with E-state index in [4.69, 9.17) is 10.8 Å². The molecule has 0 heterocycles. The van der Waals surface area contributed by atoms with Gasteiger partial charge in [0.25, 0.3) is 0 Å². The van der Waals surface area contributed by atoms with Crippen molar-refractivity contribution in [1.29, 1.82) is 0 Å². The van der Waals surface area contributed by atoms with Crippen LogP contribution in [-0.2, 0) is 0 Å². The van der Waals surface area contributed by atoms with Gasteiger partial charge in [0.2, 0.25) is 0 Å². The monoisotopic (exact) mass is 168 g/mol. The van der Waals surface area contributed by atoms with Gasteiger partial charge in [0.15, 0.2) is 0 Å². The van der Waals surface area contributed by atoms with E-state index >= 15 is 0 Å². The molecule has 3 heteroatoms. The molecular formula is C9H16N2O. The summed E-state index contributed by atoms with van der Waals surface area (Å²) >= 11 is 0. The summed E-state index contributed by atoms with van der Waals surface area (Å²) in [5.74, 6) is 0. The average molecular weight is 168 g/mol. The summed E-state index contributed by atoms with van der Waals surface area (Å²) in [6.07, 6.45) is 5.64. The SMILES string of the molecule is CC(O)CNCC1=CC=CC1N. The molecule has 1 aliphatic rings. The first-order valence-electron chi connectivity index (χ1n) is 4.22. The van der Waals surface area contributed by atoms with Gasteiger partial charge in [0.1, 0.15) is 0 Å². The Morgan fingerprint density at radius 2 is 2.50 bits per heavy atom. The number of hydrogen-bond donors (Lipinski definition) is 3. The highest BCUT2D eigenvalue weighted by atomic mass is 16.3. The molecule has 0 saturated carbocycles. The van der Waals surface area contributed by atoms with Crippen molar-refractivity contribution in [2.75, 3.05) is 13.1 Å². The molecule has 0 radical (unpaired) electrons. The van der Waals surface area contributed by atoms with Gasteiger partial charge >= 0.3 is 0 Å². The molecule has 4 N–H and O–H groups in total. The molecule has 12 heavy (non-hydrogen) atoms. The number of hydrogen-bond acceptors (Lipinski definition) is 3. The molecule has 0 saturated heterocycles. The lowest BCUT2D eigenvalue weighted by atomic mass is 10.1. The van der Waals surface area contributed by atoms with Crippen molar-refractivity contribution in [2.24, 2.45) is 5.73 Å². The van der Waals surface area contributed by atoms with Crippen LogP contribution in [0.3, 0.4) is 0 Å². The largest absolute Gasteiger partial charge is 0.392 e. The lowest BCUT2D eigenvalue weighted by Crippen LogP contribution is -2.30. The predicted molar refractivity (Wildman–Crippen MR) is 49.7 cm³/mol. The van der Waals surface area contributed by atoms with E-state index in [1.165, 1.54) is 5.57 Å². The average Bonchev–Trinajstić information content (AvgIpc) is 2.36. The van der Waals surface area contributed by atoms with Crippen LogP contribution < -0.4 is 11.1 Å². The van der Waals surface area contributed by atoms with Crippen molar-refractivity contribution < 1.29 is 5.11 Å². The number of allylic oxidation sites excluding steroid dienone is 2. The van der Waals surface area contributed by atoms with E-state index < -0.39 is 0 Å². The zero-order valence-corrected chi connectivity index (χ0v) is 7.33. The van der Waals surface area contributed by atoms with Crippen LogP contribution in [0.5, 0.6) is 0 Å². The quantitative estimate of drug-likeness (QED) is 0.544. The summed E-state index contributed by atoms with van der Waals surface area (Å²) in [6.45, 7) is 3.14. The van der Waals surface area contributed by atoms with Crippen molar-refractivity contribution in [2.45, 2.75) is 19.1 Å². The topological polar surface area (TPSA) is 58.3 Å². The van der Waals surface area contributed by atoms with Gasteiger partial charge in [-0.1, -0.05) is 18.2 Å². The van der Waals surface area contributed by atoms with E-state index in [-0.39, 0.29) is 12.1 Å². The highest BCUT2D eigenvalue weighted by molar-refractivity contribution is 5.31. The summed E-state index contributed by atoms with van der Waals surface area (Å²) in [4.78, 5) is 0. The Morgan fingerprint density at radius 3 is 3.00 bits per heavy atom. The molecule has 0 aromatic heterocycles. The van der Waals surface area contributed by atoms with Crippen molar-refractivity contribution in [1.82, 2.24) is 5.32 Å². The van der Waals surface area contributed by atoms with Crippen molar-refractivity contribution >= 4 is 0 Å². The Bertz CT molecular complexity index is 197. The Hall–Kier alpha value is -0.640. The van der Waals surface area contributed by atoms with E-state index in [0.717, 1.165) is 6.54 Å². The highest BCUT2D eigenvalue weighted by Crippen LogP contribution is 2.07. The fraction of sp³-hybridized carbons (Fsp3) is 0.556. The third-order valence-corrected chi connectivity index (χ3v) is 1.83. The third kappa shape index (κ3) is 2.77. The molecule has 68 valence electrons. The van der Waals surface area contributed by atoms with Crippen LogP contribution in [0.4, 0.5) is 0 Å². The molecule has 0 aromatic carbocycles. The van der Waals surface area contributed by atoms with Crippen LogP contribution in [0.15, 0.2) is 23.8 Å². The van der Waals surface area contributed by atoms with Crippen LogP contribution in [0.1, 0.15) is 6.92 Å². The number of aliphatic hydroxyl groups excluding tert-OH is 1. The fourth-order valence-electron chi connectivity index (χ4n) is 1.14. The van der Waals surface area contributed by atoms with E-state index in [2.05, 4.69) is 5.32 Å². The molecule has 1 aliphatic carbocycles. The number of aliphatic hydroxyl groups is 1. The maximum Gasteiger partial charge on any atom is 0.0636 e. The minimum Gasteiger partial charge on any atom is -0.392 e. The number of nitrogens with two attached hydrogens (primary N) is 1. The van der Waals surface area contributed by atoms with Gasteiger partial charge in [-0.05, 0) is 12.5 Å². The molecule has 3 nitrogen and oxygen atoms in total. The summed E-state index contributed by atoms with van der Waals surface area (Å²) in [6, 6.07) is 0.0616. The van der Waals surface area contributed by atoms with Gasteiger partial charge < -0.3 is 16.2 Å². The van der Waals surface area contributed by atoms with Gasteiger partial charge in [-0.25, -0.2) is 0 Å². The van der Waals surface area contributed by atoms with Gasteiger partial charge in [-0.15, -0.1) is 0 Å². The van der Waals surface area contributed by atoms with Crippen LogP contribution >= 0.6 is 0 Å². The van der Waals surface area contributed by atoms with Crippen LogP contribution in [0, 0.1) is 0 Å². The smallest absolute Gasteiger partial charge is 0.0636 e. The molecule has 1 rings (SSSR count). The van der Waals surface area contributed by atoms with Crippen molar-refractivity contribution in [3.8, 4) is 0 Å². The van der Waals surface area contributed by atoms with Gasteiger partial charge in [-0.3, -0.25) is 0 Å². The first-order valence-corrected chi connectivity index (χ1v) is 4.22. The van der Waals surface area contributed by atoms with Crippen LogP contribution in [0.2, 0.25) is 0 Å². The van der Waals surface area contributed by atoms with Crippen molar-refractivity contribution in [3.63, 3.8) is 0 Å². The summed E-state index contributed by atoms with van der Waals surface area (Å²) in [5.41, 5.74) is 6.91. The normalized spacial score (nSPS) is 24.2. The van der Waals surface area contributed by atoms with Crippen LogP contribution in [0.25, 0.3) is 0 Å². The lowest BCUT2D eigenvalue weighted by Gasteiger charge is -2.10. The summed E-state index contributed by atoms with van der Waals surface area (Å²) in [5, 5.41) is 12.1. The molecule has 2 atom stereocenters. The first kappa shape index (κ1) is 9.45. The molecule has 2 unspecified atom stereocenters. The third-order valence-electron chi connectivity index (χ3n) is 1.83. The van der Waals surface area contributed by atoms with Crippen molar-refractivity contribution in [3.05, 3.63) is 23.8 Å². The summed E-state index contributed by atoms with van der Waals surface area (Å²) in [7, 11) is 0. The first-order chi connectivity index (χ1) is 5.70. The standard InChI is InChI=1S/C9H16N2O/c1-7(12)5-11-6-8-3-2-4-9(8)10/h2-4,7,9,11-12H,5-6,10H2,1H3. The van der Waals surface area contributed by atoms with Gasteiger partial charge in [0.05, 0.1) is 6.10 Å². The molecule has 0 fully saturated rings. The second kappa shape index (κ2) is 4.40.